The second-order valence-corrected chi connectivity index (χ2v) is 9.13. The van der Waals surface area contributed by atoms with E-state index in [4.69, 9.17) is 0 Å². The second kappa shape index (κ2) is 8.73. The van der Waals surface area contributed by atoms with Gasteiger partial charge in [-0.2, -0.15) is 9.04 Å². The third kappa shape index (κ3) is 5.00. The number of nitrogens with one attached hydrogen (secondary N) is 1. The van der Waals surface area contributed by atoms with E-state index in [1.165, 1.54) is 16.6 Å². The number of carbonyl (C=O) groups is 1. The minimum absolute atomic E-state index is 0.0509. The zero-order valence-corrected chi connectivity index (χ0v) is 16.3. The van der Waals surface area contributed by atoms with Crippen molar-refractivity contribution in [1.29, 1.82) is 0 Å². The Labute approximate surface area is 163 Å². The first-order chi connectivity index (χ1) is 13.0. The Morgan fingerprint density at radius 3 is 2.67 bits per heavy atom. The standard InChI is InChI=1S/C18H21N3O4S2/c22-17(14-26-18-9-2-5-12-21(18)23)19-15-7-6-8-16(13-15)27(24,25)20-10-3-1-4-11-20/h2,5-9,12-13H,1,3-4,10-11,14H2,(H,19,22). The highest BCUT2D eigenvalue weighted by Gasteiger charge is 2.26. The maximum Gasteiger partial charge on any atom is 0.251 e. The smallest absolute Gasteiger partial charge is 0.251 e. The summed E-state index contributed by atoms with van der Waals surface area (Å²) in [5, 5.41) is 14.7. The lowest BCUT2D eigenvalue weighted by atomic mass is 10.2. The van der Waals surface area contributed by atoms with Gasteiger partial charge in [0.15, 0.2) is 6.20 Å². The van der Waals surface area contributed by atoms with Crippen LogP contribution in [-0.4, -0.2) is 37.5 Å². The summed E-state index contributed by atoms with van der Waals surface area (Å²) < 4.78 is 27.7. The highest BCUT2D eigenvalue weighted by molar-refractivity contribution is 7.99. The number of thioether (sulfide) groups is 1. The number of sulfonamides is 1. The Bertz CT molecular complexity index is 912. The average Bonchev–Trinajstić information content (AvgIpc) is 2.68. The zero-order valence-electron chi connectivity index (χ0n) is 14.7. The number of hydrogen-bond acceptors (Lipinski definition) is 5. The Hall–Kier alpha value is -2.10. The third-order valence-corrected chi connectivity index (χ3v) is 7.12. The Balaban J connectivity index is 1.65. The highest BCUT2D eigenvalue weighted by atomic mass is 32.2. The number of carbonyl (C=O) groups excluding carboxylic acids is 1. The first-order valence-electron chi connectivity index (χ1n) is 8.68. The van der Waals surface area contributed by atoms with Gasteiger partial charge in [-0.3, -0.25) is 4.79 Å². The molecule has 2 aromatic rings. The van der Waals surface area contributed by atoms with Gasteiger partial charge in [-0.05, 0) is 48.9 Å². The van der Waals surface area contributed by atoms with Gasteiger partial charge >= 0.3 is 0 Å². The molecular formula is C18H21N3O4S2. The average molecular weight is 408 g/mol. The van der Waals surface area contributed by atoms with Gasteiger partial charge in [-0.25, -0.2) is 8.42 Å². The van der Waals surface area contributed by atoms with Crippen molar-refractivity contribution in [2.24, 2.45) is 0 Å². The Morgan fingerprint density at radius 2 is 1.93 bits per heavy atom. The molecule has 1 aromatic heterocycles. The number of rotatable bonds is 6. The van der Waals surface area contributed by atoms with Gasteiger partial charge in [-0.15, -0.1) is 0 Å². The van der Waals surface area contributed by atoms with Crippen molar-refractivity contribution in [3.05, 3.63) is 53.9 Å². The van der Waals surface area contributed by atoms with Gasteiger partial charge in [0.05, 0.1) is 10.6 Å². The number of hydrogen-bond donors (Lipinski definition) is 1. The molecule has 0 aliphatic carbocycles. The van der Waals surface area contributed by atoms with Gasteiger partial charge < -0.3 is 10.5 Å². The molecule has 144 valence electrons. The van der Waals surface area contributed by atoms with Crippen LogP contribution in [0.5, 0.6) is 0 Å². The summed E-state index contributed by atoms with van der Waals surface area (Å²) in [4.78, 5) is 12.3. The van der Waals surface area contributed by atoms with Gasteiger partial charge in [-0.1, -0.05) is 12.5 Å². The molecule has 0 saturated carbocycles. The molecular weight excluding hydrogens is 386 g/mol. The van der Waals surface area contributed by atoms with Crippen LogP contribution in [0.25, 0.3) is 0 Å². The van der Waals surface area contributed by atoms with Crippen molar-refractivity contribution < 1.29 is 17.9 Å². The molecule has 0 unspecified atom stereocenters. The van der Waals surface area contributed by atoms with Crippen LogP contribution in [0.2, 0.25) is 0 Å². The van der Waals surface area contributed by atoms with Gasteiger partial charge in [0.1, 0.15) is 0 Å². The number of nitrogens with zero attached hydrogens (tertiary/aromatic N) is 2. The molecule has 1 aliphatic rings. The molecule has 0 atom stereocenters. The van der Waals surface area contributed by atoms with Crippen LogP contribution in [0.1, 0.15) is 19.3 Å². The predicted molar refractivity (Wildman–Crippen MR) is 104 cm³/mol. The maximum atomic E-state index is 12.7. The summed E-state index contributed by atoms with van der Waals surface area (Å²) in [5.74, 6) is -0.258. The molecule has 2 heterocycles. The lowest BCUT2D eigenvalue weighted by Crippen LogP contribution is -2.35. The van der Waals surface area contributed by atoms with E-state index in [2.05, 4.69) is 5.32 Å². The summed E-state index contributed by atoms with van der Waals surface area (Å²) >= 11 is 1.12. The van der Waals surface area contributed by atoms with Crippen LogP contribution >= 0.6 is 11.8 Å². The first-order valence-corrected chi connectivity index (χ1v) is 11.1. The molecule has 1 saturated heterocycles. The normalized spacial score (nSPS) is 15.4. The van der Waals surface area contributed by atoms with Crippen LogP contribution < -0.4 is 10.0 Å². The fourth-order valence-corrected chi connectivity index (χ4v) is 5.13. The van der Waals surface area contributed by atoms with Gasteiger partial charge in [0.25, 0.3) is 5.03 Å². The Morgan fingerprint density at radius 1 is 1.15 bits per heavy atom. The van der Waals surface area contributed by atoms with Crippen molar-refractivity contribution in [2.75, 3.05) is 24.2 Å². The fourth-order valence-electron chi connectivity index (χ4n) is 2.85. The van der Waals surface area contributed by atoms with Crippen molar-refractivity contribution in [1.82, 2.24) is 4.31 Å². The first kappa shape index (κ1) is 19.7. The molecule has 1 aromatic carbocycles. The third-order valence-electron chi connectivity index (χ3n) is 4.21. The van der Waals surface area contributed by atoms with Crippen molar-refractivity contribution >= 4 is 33.4 Å². The molecule has 1 fully saturated rings. The van der Waals surface area contributed by atoms with Crippen LogP contribution in [0.4, 0.5) is 5.69 Å². The quantitative estimate of drug-likeness (QED) is 0.450. The monoisotopic (exact) mass is 407 g/mol. The minimum Gasteiger partial charge on any atom is -0.618 e. The number of benzene rings is 1. The van der Waals surface area contributed by atoms with Crippen molar-refractivity contribution in [2.45, 2.75) is 29.2 Å². The molecule has 0 bridgehead atoms. The lowest BCUT2D eigenvalue weighted by molar-refractivity contribution is -0.645. The molecule has 1 aliphatic heterocycles. The molecule has 27 heavy (non-hydrogen) atoms. The fraction of sp³-hybridized carbons (Fsp3) is 0.333. The lowest BCUT2D eigenvalue weighted by Gasteiger charge is -2.26. The molecule has 1 amide bonds. The summed E-state index contributed by atoms with van der Waals surface area (Å²) in [6.45, 7) is 1.06. The number of aromatic nitrogens is 1. The van der Waals surface area contributed by atoms with Gasteiger partial charge in [0.2, 0.25) is 15.9 Å². The Kier molecular flexibility index (Phi) is 6.35. The van der Waals surface area contributed by atoms with Crippen LogP contribution in [0.3, 0.4) is 0 Å². The largest absolute Gasteiger partial charge is 0.618 e. The number of pyridine rings is 1. The number of piperidine rings is 1. The predicted octanol–water partition coefficient (Wildman–Crippen LogP) is 2.23. The van der Waals surface area contributed by atoms with E-state index in [-0.39, 0.29) is 16.6 Å². The highest BCUT2D eigenvalue weighted by Crippen LogP contribution is 2.23. The zero-order chi connectivity index (χ0) is 19.3. The second-order valence-electron chi connectivity index (χ2n) is 6.19. The topological polar surface area (TPSA) is 93.4 Å². The summed E-state index contributed by atoms with van der Waals surface area (Å²) in [6.07, 6.45) is 4.15. The van der Waals surface area contributed by atoms with E-state index in [9.17, 15) is 18.4 Å². The molecule has 1 N–H and O–H groups in total. The molecule has 3 rings (SSSR count). The van der Waals surface area contributed by atoms with Gasteiger partial charge in [0, 0.05) is 30.9 Å². The SMILES string of the molecule is O=C(CSc1cccc[n+]1[O-])Nc1cccc(S(=O)(=O)N2CCCCC2)c1. The van der Waals surface area contributed by atoms with E-state index < -0.39 is 10.0 Å². The number of amides is 1. The van der Waals surface area contributed by atoms with Crippen LogP contribution in [-0.2, 0) is 14.8 Å². The van der Waals surface area contributed by atoms with E-state index in [0.717, 1.165) is 31.0 Å². The van der Waals surface area contributed by atoms with Crippen LogP contribution in [0.15, 0.2) is 58.6 Å². The summed E-state index contributed by atoms with van der Waals surface area (Å²) in [5.41, 5.74) is 0.418. The van der Waals surface area contributed by atoms with Crippen molar-refractivity contribution in [3.8, 4) is 0 Å². The minimum atomic E-state index is -3.55. The molecule has 0 radical (unpaired) electrons. The maximum absolute atomic E-state index is 12.7. The summed E-state index contributed by atoms with van der Waals surface area (Å²) in [6, 6.07) is 11.3. The molecule has 0 spiro atoms. The molecule has 9 heteroatoms. The van der Waals surface area contributed by atoms with Crippen molar-refractivity contribution in [3.63, 3.8) is 0 Å². The van der Waals surface area contributed by atoms with E-state index in [1.807, 2.05) is 0 Å². The molecule has 7 nitrogen and oxygen atoms in total. The summed E-state index contributed by atoms with van der Waals surface area (Å²) in [7, 11) is -3.55. The van der Waals surface area contributed by atoms with Crippen LogP contribution in [0, 0.1) is 5.21 Å². The van der Waals surface area contributed by atoms with E-state index in [0.29, 0.717) is 28.5 Å². The van der Waals surface area contributed by atoms with E-state index in [1.54, 1.807) is 36.4 Å². The van der Waals surface area contributed by atoms with E-state index >= 15 is 0 Å². The number of anilines is 1.